The minimum Gasteiger partial charge on any atom is -0.392 e. The van der Waals surface area contributed by atoms with Crippen molar-refractivity contribution < 1.29 is 14.4 Å². The number of aromatic nitrogens is 1. The van der Waals surface area contributed by atoms with Gasteiger partial charge in [0.25, 0.3) is 0 Å². The smallest absolute Gasteiger partial charge is 0.243 e. The molecular weight excluding hydrogens is 296 g/mol. The second-order valence-corrected chi connectivity index (χ2v) is 6.40. The SMILES string of the molecule is CC[C@@H]1CN([C@H](C)C(=O)Nc2cc(C)no2)CCN1C[C@@H](C)O. The maximum atomic E-state index is 12.4. The van der Waals surface area contributed by atoms with Crippen LogP contribution in [0.5, 0.6) is 0 Å². The van der Waals surface area contributed by atoms with Gasteiger partial charge in [0.05, 0.1) is 17.8 Å². The van der Waals surface area contributed by atoms with Crippen LogP contribution in [-0.2, 0) is 4.79 Å². The maximum Gasteiger partial charge on any atom is 0.243 e. The third-order valence-corrected chi connectivity index (χ3v) is 4.41. The lowest BCUT2D eigenvalue weighted by Gasteiger charge is -2.43. The van der Waals surface area contributed by atoms with Gasteiger partial charge in [0, 0.05) is 38.3 Å². The van der Waals surface area contributed by atoms with Crippen LogP contribution in [0.4, 0.5) is 5.88 Å². The standard InChI is InChI=1S/C16H28N4O3/c1-5-14-10-19(6-7-20(14)9-12(3)21)13(4)16(22)17-15-8-11(2)18-23-15/h8,12-14,21H,5-7,9-10H2,1-4H3,(H,17,22)/t12-,13-,14-/m1/s1. The van der Waals surface area contributed by atoms with Gasteiger partial charge < -0.3 is 9.63 Å². The Hall–Kier alpha value is -1.44. The normalized spacial score (nSPS) is 22.7. The van der Waals surface area contributed by atoms with Crippen molar-refractivity contribution >= 4 is 11.8 Å². The van der Waals surface area contributed by atoms with Gasteiger partial charge in [-0.05, 0) is 27.2 Å². The zero-order valence-corrected chi connectivity index (χ0v) is 14.5. The van der Waals surface area contributed by atoms with E-state index < -0.39 is 0 Å². The Labute approximate surface area is 137 Å². The Morgan fingerprint density at radius 2 is 2.26 bits per heavy atom. The van der Waals surface area contributed by atoms with Gasteiger partial charge in [-0.2, -0.15) is 0 Å². The van der Waals surface area contributed by atoms with E-state index in [0.717, 1.165) is 31.7 Å². The zero-order chi connectivity index (χ0) is 17.0. The Kier molecular flexibility index (Phi) is 6.15. The minimum atomic E-state index is -0.328. The van der Waals surface area contributed by atoms with Gasteiger partial charge in [-0.1, -0.05) is 12.1 Å². The molecule has 0 aromatic carbocycles. The van der Waals surface area contributed by atoms with E-state index in [0.29, 0.717) is 18.5 Å². The molecule has 1 aliphatic heterocycles. The maximum absolute atomic E-state index is 12.4. The molecule has 2 N–H and O–H groups in total. The molecule has 0 aliphatic carbocycles. The van der Waals surface area contributed by atoms with Crippen molar-refractivity contribution in [3.8, 4) is 0 Å². The average Bonchev–Trinajstić information content (AvgIpc) is 2.91. The third-order valence-electron chi connectivity index (χ3n) is 4.41. The summed E-state index contributed by atoms with van der Waals surface area (Å²) in [6.07, 6.45) is 0.671. The van der Waals surface area contributed by atoms with Gasteiger partial charge in [-0.15, -0.1) is 0 Å². The molecule has 2 heterocycles. The lowest BCUT2D eigenvalue weighted by atomic mass is 10.1. The number of nitrogens with zero attached hydrogens (tertiary/aromatic N) is 3. The number of rotatable bonds is 6. The number of aryl methyl sites for hydroxylation is 1. The molecule has 0 bridgehead atoms. The molecule has 1 aliphatic rings. The fourth-order valence-electron chi connectivity index (χ4n) is 3.05. The van der Waals surface area contributed by atoms with Crippen LogP contribution in [0.3, 0.4) is 0 Å². The first-order valence-corrected chi connectivity index (χ1v) is 8.31. The van der Waals surface area contributed by atoms with Crippen LogP contribution in [0.25, 0.3) is 0 Å². The number of carbonyl (C=O) groups is 1. The number of piperazine rings is 1. The van der Waals surface area contributed by atoms with Gasteiger partial charge in [-0.3, -0.25) is 19.9 Å². The van der Waals surface area contributed by atoms with Crippen molar-refractivity contribution in [1.82, 2.24) is 15.0 Å². The highest BCUT2D eigenvalue weighted by Gasteiger charge is 2.31. The molecule has 23 heavy (non-hydrogen) atoms. The van der Waals surface area contributed by atoms with E-state index >= 15 is 0 Å². The van der Waals surface area contributed by atoms with Crippen molar-refractivity contribution in [2.75, 3.05) is 31.5 Å². The summed E-state index contributed by atoms with van der Waals surface area (Å²) in [6, 6.07) is 1.84. The number of hydrogen-bond acceptors (Lipinski definition) is 6. The van der Waals surface area contributed by atoms with E-state index in [4.69, 9.17) is 4.52 Å². The molecule has 0 unspecified atom stereocenters. The van der Waals surface area contributed by atoms with Gasteiger partial charge in [0.2, 0.25) is 11.8 Å². The monoisotopic (exact) mass is 324 g/mol. The van der Waals surface area contributed by atoms with Crippen LogP contribution < -0.4 is 5.32 Å². The molecule has 0 spiro atoms. The average molecular weight is 324 g/mol. The van der Waals surface area contributed by atoms with Crippen molar-refractivity contribution in [2.45, 2.75) is 52.3 Å². The highest BCUT2D eigenvalue weighted by molar-refractivity contribution is 5.93. The third kappa shape index (κ3) is 4.76. The quantitative estimate of drug-likeness (QED) is 0.815. The predicted molar refractivity (Wildman–Crippen MR) is 88.2 cm³/mol. The molecule has 130 valence electrons. The van der Waals surface area contributed by atoms with Crippen LogP contribution in [0.2, 0.25) is 0 Å². The fourth-order valence-corrected chi connectivity index (χ4v) is 3.05. The van der Waals surface area contributed by atoms with E-state index in [2.05, 4.69) is 27.2 Å². The highest BCUT2D eigenvalue weighted by Crippen LogP contribution is 2.17. The number of carbonyl (C=O) groups excluding carboxylic acids is 1. The first-order chi connectivity index (χ1) is 10.9. The summed E-state index contributed by atoms with van der Waals surface area (Å²) in [5, 5.41) is 16.2. The first kappa shape index (κ1) is 17.9. The van der Waals surface area contributed by atoms with E-state index in [1.54, 1.807) is 6.07 Å². The summed E-state index contributed by atoms with van der Waals surface area (Å²) in [4.78, 5) is 16.9. The molecule has 7 heteroatoms. The van der Waals surface area contributed by atoms with Crippen LogP contribution in [0.15, 0.2) is 10.6 Å². The number of aliphatic hydroxyl groups is 1. The number of hydrogen-bond donors (Lipinski definition) is 2. The highest BCUT2D eigenvalue weighted by atomic mass is 16.5. The topological polar surface area (TPSA) is 81.8 Å². The van der Waals surface area contributed by atoms with Crippen molar-refractivity contribution in [2.24, 2.45) is 0 Å². The number of aliphatic hydroxyl groups excluding tert-OH is 1. The summed E-state index contributed by atoms with van der Waals surface area (Å²) in [6.45, 7) is 10.9. The Morgan fingerprint density at radius 1 is 1.52 bits per heavy atom. The largest absolute Gasteiger partial charge is 0.392 e. The lowest BCUT2D eigenvalue weighted by Crippen LogP contribution is -2.58. The molecule has 0 radical (unpaired) electrons. The van der Waals surface area contributed by atoms with E-state index in [1.807, 2.05) is 20.8 Å². The second-order valence-electron chi connectivity index (χ2n) is 6.40. The molecule has 1 aromatic heterocycles. The first-order valence-electron chi connectivity index (χ1n) is 8.31. The zero-order valence-electron chi connectivity index (χ0n) is 14.5. The van der Waals surface area contributed by atoms with Gasteiger partial charge >= 0.3 is 0 Å². The fraction of sp³-hybridized carbons (Fsp3) is 0.750. The van der Waals surface area contributed by atoms with Crippen molar-refractivity contribution in [1.29, 1.82) is 0 Å². The van der Waals surface area contributed by atoms with Crippen LogP contribution >= 0.6 is 0 Å². The Bertz CT molecular complexity index is 517. The summed E-state index contributed by atoms with van der Waals surface area (Å²) in [5.41, 5.74) is 0.741. The molecule has 7 nitrogen and oxygen atoms in total. The van der Waals surface area contributed by atoms with Crippen molar-refractivity contribution in [3.63, 3.8) is 0 Å². The predicted octanol–water partition coefficient (Wildman–Crippen LogP) is 1.09. The Morgan fingerprint density at radius 3 is 2.83 bits per heavy atom. The molecule has 1 amide bonds. The van der Waals surface area contributed by atoms with Crippen LogP contribution in [-0.4, -0.2) is 70.3 Å². The Balaban J connectivity index is 1.92. The van der Waals surface area contributed by atoms with Gasteiger partial charge in [0.15, 0.2) is 0 Å². The number of amides is 1. The summed E-state index contributed by atoms with van der Waals surface area (Å²) < 4.78 is 5.04. The number of nitrogens with one attached hydrogen (secondary N) is 1. The molecule has 1 saturated heterocycles. The molecule has 2 rings (SSSR count). The molecule has 0 saturated carbocycles. The molecule has 1 aromatic rings. The summed E-state index contributed by atoms with van der Waals surface area (Å²) >= 11 is 0. The molecule has 3 atom stereocenters. The van der Waals surface area contributed by atoms with Gasteiger partial charge in [-0.25, -0.2) is 0 Å². The minimum absolute atomic E-state index is 0.0834. The van der Waals surface area contributed by atoms with E-state index in [9.17, 15) is 9.90 Å². The van der Waals surface area contributed by atoms with Crippen molar-refractivity contribution in [3.05, 3.63) is 11.8 Å². The van der Waals surface area contributed by atoms with Gasteiger partial charge in [0.1, 0.15) is 0 Å². The summed E-state index contributed by atoms with van der Waals surface area (Å²) in [7, 11) is 0. The molecular formula is C16H28N4O3. The second kappa shape index (κ2) is 7.90. The van der Waals surface area contributed by atoms with E-state index in [-0.39, 0.29) is 18.1 Å². The van der Waals surface area contributed by atoms with E-state index in [1.165, 1.54) is 0 Å². The molecule has 1 fully saturated rings. The van der Waals surface area contributed by atoms with Crippen LogP contribution in [0.1, 0.15) is 32.9 Å². The number of anilines is 1. The van der Waals surface area contributed by atoms with Crippen LogP contribution in [0, 0.1) is 6.92 Å². The summed E-state index contributed by atoms with van der Waals surface area (Å²) in [5.74, 6) is 0.305. The number of β-amino-alcohol motifs (C(OH)–C–C–N with tert-alkyl or cyclic N) is 1. The lowest BCUT2D eigenvalue weighted by molar-refractivity contribution is -0.122.